The molecule has 0 aromatic heterocycles. The first-order valence-corrected chi connectivity index (χ1v) is 8.92. The van der Waals surface area contributed by atoms with Gasteiger partial charge in [-0.25, -0.2) is 8.42 Å². The van der Waals surface area contributed by atoms with Crippen molar-refractivity contribution < 1.29 is 8.42 Å². The van der Waals surface area contributed by atoms with Crippen molar-refractivity contribution in [3.63, 3.8) is 0 Å². The number of hydrogen-bond donors (Lipinski definition) is 0. The first kappa shape index (κ1) is 16.5. The third-order valence-corrected chi connectivity index (χ3v) is 5.60. The molecule has 21 heavy (non-hydrogen) atoms. The molecule has 0 radical (unpaired) electrons. The molecule has 1 aromatic carbocycles. The summed E-state index contributed by atoms with van der Waals surface area (Å²) in [5, 5.41) is 0. The molecule has 0 unspecified atom stereocenters. The molecule has 1 saturated heterocycles. The highest BCUT2D eigenvalue weighted by Gasteiger charge is 2.29. The van der Waals surface area contributed by atoms with E-state index in [-0.39, 0.29) is 5.41 Å². The van der Waals surface area contributed by atoms with Crippen LogP contribution in [0, 0.1) is 12.3 Å². The van der Waals surface area contributed by atoms with Crippen LogP contribution in [0.2, 0.25) is 0 Å². The summed E-state index contributed by atoms with van der Waals surface area (Å²) >= 11 is 0. The molecule has 4 nitrogen and oxygen atoms in total. The minimum absolute atomic E-state index is 0.248. The fraction of sp³-hybridized carbons (Fsp3) is 0.625. The Morgan fingerprint density at radius 2 is 1.52 bits per heavy atom. The highest BCUT2D eigenvalue weighted by Crippen LogP contribution is 2.20. The third kappa shape index (κ3) is 4.28. The van der Waals surface area contributed by atoms with Gasteiger partial charge in [0.1, 0.15) is 0 Å². The fourth-order valence-corrected chi connectivity index (χ4v) is 4.08. The van der Waals surface area contributed by atoms with E-state index in [1.165, 1.54) is 0 Å². The van der Waals surface area contributed by atoms with Gasteiger partial charge in [-0.15, -0.1) is 0 Å². The van der Waals surface area contributed by atoms with E-state index in [4.69, 9.17) is 0 Å². The fourth-order valence-electron chi connectivity index (χ4n) is 2.66. The van der Waals surface area contributed by atoms with Crippen LogP contribution in [0.5, 0.6) is 0 Å². The van der Waals surface area contributed by atoms with E-state index >= 15 is 0 Å². The number of piperazine rings is 1. The van der Waals surface area contributed by atoms with Crippen molar-refractivity contribution in [1.82, 2.24) is 9.21 Å². The van der Waals surface area contributed by atoms with Gasteiger partial charge in [0.05, 0.1) is 4.90 Å². The normalized spacial score (nSPS) is 18.9. The van der Waals surface area contributed by atoms with Crippen LogP contribution in [0.25, 0.3) is 0 Å². The predicted octanol–water partition coefficient (Wildman–Crippen LogP) is 2.35. The molecule has 5 heteroatoms. The Bertz CT molecular complexity index is 565. The number of hydrogen-bond acceptors (Lipinski definition) is 3. The van der Waals surface area contributed by atoms with Gasteiger partial charge in [0.2, 0.25) is 10.0 Å². The van der Waals surface area contributed by atoms with Gasteiger partial charge in [0.25, 0.3) is 0 Å². The minimum Gasteiger partial charge on any atom is -0.300 e. The predicted molar refractivity (Wildman–Crippen MR) is 85.8 cm³/mol. The van der Waals surface area contributed by atoms with Crippen molar-refractivity contribution >= 4 is 10.0 Å². The SMILES string of the molecule is Cc1ccc(S(=O)(=O)N2CCN(CC(C)(C)C)CC2)cc1. The molecule has 1 fully saturated rings. The lowest BCUT2D eigenvalue weighted by atomic mass is 9.96. The molecule has 1 aromatic rings. The Balaban J connectivity index is 2.03. The first-order valence-electron chi connectivity index (χ1n) is 7.48. The van der Waals surface area contributed by atoms with Gasteiger partial charge < -0.3 is 4.90 Å². The van der Waals surface area contributed by atoms with Gasteiger partial charge >= 0.3 is 0 Å². The van der Waals surface area contributed by atoms with Gasteiger partial charge in [-0.2, -0.15) is 4.31 Å². The number of aryl methyl sites for hydroxylation is 1. The Kier molecular flexibility index (Phi) is 4.76. The second-order valence-electron chi connectivity index (χ2n) is 7.05. The molecule has 0 saturated carbocycles. The molecule has 1 aliphatic rings. The van der Waals surface area contributed by atoms with E-state index in [2.05, 4.69) is 25.7 Å². The number of rotatable bonds is 3. The van der Waals surface area contributed by atoms with E-state index in [9.17, 15) is 8.42 Å². The lowest BCUT2D eigenvalue weighted by molar-refractivity contribution is 0.141. The van der Waals surface area contributed by atoms with Gasteiger partial charge in [0, 0.05) is 32.7 Å². The lowest BCUT2D eigenvalue weighted by Crippen LogP contribution is -2.50. The zero-order valence-corrected chi connectivity index (χ0v) is 14.3. The zero-order valence-electron chi connectivity index (χ0n) is 13.5. The molecule has 0 atom stereocenters. The summed E-state index contributed by atoms with van der Waals surface area (Å²) in [6.07, 6.45) is 0. The molecule has 0 amide bonds. The maximum Gasteiger partial charge on any atom is 0.243 e. The van der Waals surface area contributed by atoms with Crippen LogP contribution in [0.3, 0.4) is 0 Å². The van der Waals surface area contributed by atoms with Crippen LogP contribution >= 0.6 is 0 Å². The standard InChI is InChI=1S/C16H26N2O2S/c1-14-5-7-15(8-6-14)21(19,20)18-11-9-17(10-12-18)13-16(2,3)4/h5-8H,9-13H2,1-4H3. The first-order chi connectivity index (χ1) is 9.68. The van der Waals surface area contributed by atoms with Crippen LogP contribution in [-0.4, -0.2) is 50.3 Å². The molecule has 0 spiro atoms. The smallest absolute Gasteiger partial charge is 0.243 e. The summed E-state index contributed by atoms with van der Waals surface area (Å²) in [5.74, 6) is 0. The molecular formula is C16H26N2O2S. The van der Waals surface area contributed by atoms with Crippen molar-refractivity contribution in [3.8, 4) is 0 Å². The highest BCUT2D eigenvalue weighted by molar-refractivity contribution is 7.89. The van der Waals surface area contributed by atoms with Crippen LogP contribution in [0.4, 0.5) is 0 Å². The number of benzene rings is 1. The summed E-state index contributed by atoms with van der Waals surface area (Å²) in [4.78, 5) is 2.75. The third-order valence-electron chi connectivity index (χ3n) is 3.69. The van der Waals surface area contributed by atoms with Crippen LogP contribution in [0.15, 0.2) is 29.2 Å². The highest BCUT2D eigenvalue weighted by atomic mass is 32.2. The van der Waals surface area contributed by atoms with Crippen molar-refractivity contribution in [1.29, 1.82) is 0 Å². The monoisotopic (exact) mass is 310 g/mol. The Hall–Kier alpha value is -0.910. The molecule has 0 bridgehead atoms. The summed E-state index contributed by atoms with van der Waals surface area (Å²) in [7, 11) is -3.34. The maximum absolute atomic E-state index is 12.6. The van der Waals surface area contributed by atoms with Gasteiger partial charge in [-0.3, -0.25) is 0 Å². The largest absolute Gasteiger partial charge is 0.300 e. The molecule has 1 heterocycles. The van der Waals surface area contributed by atoms with E-state index < -0.39 is 10.0 Å². The van der Waals surface area contributed by atoms with E-state index in [1.807, 2.05) is 19.1 Å². The van der Waals surface area contributed by atoms with E-state index in [0.29, 0.717) is 18.0 Å². The average molecular weight is 310 g/mol. The van der Waals surface area contributed by atoms with Gasteiger partial charge in [-0.1, -0.05) is 38.5 Å². The van der Waals surface area contributed by atoms with Crippen molar-refractivity contribution in [2.75, 3.05) is 32.7 Å². The van der Waals surface area contributed by atoms with Crippen molar-refractivity contribution in [2.24, 2.45) is 5.41 Å². The lowest BCUT2D eigenvalue weighted by Gasteiger charge is -2.37. The van der Waals surface area contributed by atoms with Gasteiger partial charge in [0.15, 0.2) is 0 Å². The second-order valence-corrected chi connectivity index (χ2v) is 8.99. The molecule has 118 valence electrons. The molecule has 2 rings (SSSR count). The Morgan fingerprint density at radius 1 is 1.00 bits per heavy atom. The van der Waals surface area contributed by atoms with Crippen molar-refractivity contribution in [3.05, 3.63) is 29.8 Å². The van der Waals surface area contributed by atoms with Gasteiger partial charge in [-0.05, 0) is 24.5 Å². The number of sulfonamides is 1. The summed E-state index contributed by atoms with van der Waals surface area (Å²) in [6.45, 7) is 12.4. The second kappa shape index (κ2) is 6.07. The van der Waals surface area contributed by atoms with Crippen molar-refractivity contribution in [2.45, 2.75) is 32.6 Å². The molecule has 0 aliphatic carbocycles. The van der Waals surface area contributed by atoms with E-state index in [0.717, 1.165) is 25.2 Å². The van der Waals surface area contributed by atoms with Crippen LogP contribution < -0.4 is 0 Å². The number of nitrogens with zero attached hydrogens (tertiary/aromatic N) is 2. The maximum atomic E-state index is 12.6. The summed E-state index contributed by atoms with van der Waals surface area (Å²) in [6, 6.07) is 7.10. The quantitative estimate of drug-likeness (QED) is 0.860. The zero-order chi connectivity index (χ0) is 15.7. The molecular weight excluding hydrogens is 284 g/mol. The molecule has 0 N–H and O–H groups in total. The summed E-state index contributed by atoms with van der Waals surface area (Å²) < 4.78 is 26.8. The Labute approximate surface area is 128 Å². The van der Waals surface area contributed by atoms with Crippen LogP contribution in [0.1, 0.15) is 26.3 Å². The topological polar surface area (TPSA) is 40.6 Å². The average Bonchev–Trinajstić information content (AvgIpc) is 2.38. The molecule has 1 aliphatic heterocycles. The summed E-state index contributed by atoms with van der Waals surface area (Å²) in [5.41, 5.74) is 1.32. The minimum atomic E-state index is -3.34. The Morgan fingerprint density at radius 3 is 2.00 bits per heavy atom. The van der Waals surface area contributed by atoms with Crippen LogP contribution in [-0.2, 0) is 10.0 Å². The van der Waals surface area contributed by atoms with E-state index in [1.54, 1.807) is 16.4 Å².